The van der Waals surface area contributed by atoms with Gasteiger partial charge in [-0.25, -0.2) is 18.4 Å². The summed E-state index contributed by atoms with van der Waals surface area (Å²) in [5.74, 6) is 0. The Morgan fingerprint density at radius 1 is 0.962 bits per heavy atom. The Kier molecular flexibility index (Phi) is 4.21. The molecule has 0 saturated carbocycles. The molecule has 0 unspecified atom stereocenters. The monoisotopic (exact) mass is 349 g/mol. The van der Waals surface area contributed by atoms with Gasteiger partial charge in [0.2, 0.25) is 0 Å². The van der Waals surface area contributed by atoms with E-state index in [1.54, 1.807) is 11.6 Å². The van der Waals surface area contributed by atoms with Crippen LogP contribution < -0.4 is 0 Å². The predicted octanol–water partition coefficient (Wildman–Crippen LogP) is 5.39. The highest BCUT2D eigenvalue weighted by Crippen LogP contribution is 2.33. The molecule has 130 valence electrons. The van der Waals surface area contributed by atoms with Crippen LogP contribution in [0, 0.1) is 6.92 Å². The van der Waals surface area contributed by atoms with E-state index in [9.17, 15) is 8.78 Å². The molecule has 0 fully saturated rings. The maximum absolute atomic E-state index is 13.7. The van der Waals surface area contributed by atoms with E-state index in [0.29, 0.717) is 29.0 Å². The molecule has 0 spiro atoms. The van der Waals surface area contributed by atoms with E-state index >= 15 is 0 Å². The average molecular weight is 349 g/mol. The Balaban J connectivity index is 1.93. The minimum Gasteiger partial charge on any atom is -0.243 e. The number of aromatic nitrogens is 3. The molecule has 0 aliphatic heterocycles. The molecule has 0 saturated heterocycles. The number of nitrogens with zero attached hydrogens (tertiary/aromatic N) is 3. The fraction of sp³-hybridized carbons (Fsp3) is 0.143. The Hall–Kier alpha value is -3.08. The van der Waals surface area contributed by atoms with Gasteiger partial charge in [-0.15, -0.1) is 0 Å². The van der Waals surface area contributed by atoms with Crippen molar-refractivity contribution in [2.45, 2.75) is 19.9 Å². The van der Waals surface area contributed by atoms with Crippen LogP contribution in [-0.2, 0) is 6.54 Å². The van der Waals surface area contributed by atoms with Gasteiger partial charge in [0.1, 0.15) is 0 Å². The summed E-state index contributed by atoms with van der Waals surface area (Å²) < 4.78 is 29.2. The number of rotatable bonds is 4. The van der Waals surface area contributed by atoms with Crippen LogP contribution >= 0.6 is 0 Å². The molecule has 0 bridgehead atoms. The first-order valence-corrected chi connectivity index (χ1v) is 8.39. The lowest BCUT2D eigenvalue weighted by Gasteiger charge is -2.09. The van der Waals surface area contributed by atoms with Crippen molar-refractivity contribution in [3.05, 3.63) is 83.6 Å². The zero-order valence-electron chi connectivity index (χ0n) is 14.2. The molecule has 26 heavy (non-hydrogen) atoms. The second kappa shape index (κ2) is 6.67. The fourth-order valence-corrected chi connectivity index (χ4v) is 3.18. The Labute approximate surface area is 149 Å². The molecule has 0 radical (unpaired) electrons. The molecule has 0 aliphatic carbocycles. The van der Waals surface area contributed by atoms with Crippen molar-refractivity contribution < 1.29 is 8.78 Å². The molecule has 0 atom stereocenters. The highest BCUT2D eigenvalue weighted by Gasteiger charge is 2.21. The topological polar surface area (TPSA) is 30.7 Å². The van der Waals surface area contributed by atoms with E-state index in [4.69, 9.17) is 0 Å². The Morgan fingerprint density at radius 2 is 1.62 bits per heavy atom. The van der Waals surface area contributed by atoms with Gasteiger partial charge < -0.3 is 0 Å². The molecular formula is C21H17F2N3. The zero-order valence-corrected chi connectivity index (χ0v) is 14.2. The smallest absolute Gasteiger partial charge is 0.243 e. The standard InChI is InChI=1S/C21H17F2N3/c1-14-19-17(20(22)23)12-18(16-10-6-3-7-11-16)24-21(19)26(25-14)13-15-8-4-2-5-9-15/h2-12,20H,13H2,1H3. The van der Waals surface area contributed by atoms with E-state index in [2.05, 4.69) is 10.1 Å². The highest BCUT2D eigenvalue weighted by atomic mass is 19.3. The number of pyridine rings is 1. The van der Waals surface area contributed by atoms with Crippen LogP contribution in [0.2, 0.25) is 0 Å². The molecule has 4 rings (SSSR count). The largest absolute Gasteiger partial charge is 0.264 e. The summed E-state index contributed by atoms with van der Waals surface area (Å²) in [5, 5.41) is 4.92. The van der Waals surface area contributed by atoms with Crippen LogP contribution in [0.15, 0.2) is 66.7 Å². The fourth-order valence-electron chi connectivity index (χ4n) is 3.18. The third kappa shape index (κ3) is 2.96. The highest BCUT2D eigenvalue weighted by molar-refractivity contribution is 5.85. The summed E-state index contributed by atoms with van der Waals surface area (Å²) in [4.78, 5) is 4.67. The number of benzene rings is 2. The molecule has 5 heteroatoms. The molecule has 0 amide bonds. The van der Waals surface area contributed by atoms with E-state index in [-0.39, 0.29) is 5.56 Å². The number of fused-ring (bicyclic) bond motifs is 1. The summed E-state index contributed by atoms with van der Waals surface area (Å²) in [6.07, 6.45) is -2.59. The van der Waals surface area contributed by atoms with E-state index in [1.807, 2.05) is 60.7 Å². The molecule has 3 nitrogen and oxygen atoms in total. The normalized spacial score (nSPS) is 11.4. The van der Waals surface area contributed by atoms with Gasteiger partial charge in [-0.1, -0.05) is 60.7 Å². The average Bonchev–Trinajstić information content (AvgIpc) is 2.98. The SMILES string of the molecule is Cc1nn(Cc2ccccc2)c2nc(-c3ccccc3)cc(C(F)F)c12. The molecule has 4 aromatic rings. The third-order valence-corrected chi connectivity index (χ3v) is 4.39. The second-order valence-corrected chi connectivity index (χ2v) is 6.19. The van der Waals surface area contributed by atoms with Gasteiger partial charge in [0.15, 0.2) is 5.65 Å². The number of alkyl halides is 2. The third-order valence-electron chi connectivity index (χ3n) is 4.39. The summed E-state index contributed by atoms with van der Waals surface area (Å²) in [6, 6.07) is 20.6. The first kappa shape index (κ1) is 16.4. The molecule has 2 aromatic carbocycles. The van der Waals surface area contributed by atoms with Crippen LogP contribution in [-0.4, -0.2) is 14.8 Å². The van der Waals surface area contributed by atoms with Crippen molar-refractivity contribution >= 4 is 11.0 Å². The van der Waals surface area contributed by atoms with Gasteiger partial charge in [-0.2, -0.15) is 5.10 Å². The first-order chi connectivity index (χ1) is 12.6. The molecule has 2 aromatic heterocycles. The van der Waals surface area contributed by atoms with Gasteiger partial charge in [0, 0.05) is 11.1 Å². The number of halogens is 2. The van der Waals surface area contributed by atoms with Crippen molar-refractivity contribution in [3.63, 3.8) is 0 Å². The van der Waals surface area contributed by atoms with Gasteiger partial charge in [0.25, 0.3) is 6.43 Å². The van der Waals surface area contributed by atoms with E-state index in [1.165, 1.54) is 6.07 Å². The lowest BCUT2D eigenvalue weighted by Crippen LogP contribution is -2.03. The van der Waals surface area contributed by atoms with Crippen molar-refractivity contribution in [1.29, 1.82) is 0 Å². The van der Waals surface area contributed by atoms with Crippen LogP contribution in [0.3, 0.4) is 0 Å². The number of hydrogen-bond acceptors (Lipinski definition) is 2. The predicted molar refractivity (Wildman–Crippen MR) is 98.2 cm³/mol. The maximum Gasteiger partial charge on any atom is 0.264 e. The zero-order chi connectivity index (χ0) is 18.1. The van der Waals surface area contributed by atoms with Crippen molar-refractivity contribution in [1.82, 2.24) is 14.8 Å². The van der Waals surface area contributed by atoms with Gasteiger partial charge >= 0.3 is 0 Å². The van der Waals surface area contributed by atoms with Crippen molar-refractivity contribution in [3.8, 4) is 11.3 Å². The van der Waals surface area contributed by atoms with Crippen molar-refractivity contribution in [2.75, 3.05) is 0 Å². The van der Waals surface area contributed by atoms with E-state index < -0.39 is 6.43 Å². The van der Waals surface area contributed by atoms with Crippen molar-refractivity contribution in [2.24, 2.45) is 0 Å². The molecular weight excluding hydrogens is 332 g/mol. The summed E-state index contributed by atoms with van der Waals surface area (Å²) in [6.45, 7) is 2.23. The lowest BCUT2D eigenvalue weighted by atomic mass is 10.1. The number of hydrogen-bond donors (Lipinski definition) is 0. The van der Waals surface area contributed by atoms with Crippen LogP contribution in [0.1, 0.15) is 23.2 Å². The van der Waals surface area contributed by atoms with Gasteiger partial charge in [0.05, 0.1) is 23.3 Å². The Morgan fingerprint density at radius 3 is 2.27 bits per heavy atom. The van der Waals surface area contributed by atoms with Crippen LogP contribution in [0.25, 0.3) is 22.3 Å². The van der Waals surface area contributed by atoms with Crippen LogP contribution in [0.5, 0.6) is 0 Å². The minimum absolute atomic E-state index is 0.0225. The number of aryl methyl sites for hydroxylation is 1. The minimum atomic E-state index is -2.59. The van der Waals surface area contributed by atoms with E-state index in [0.717, 1.165) is 11.1 Å². The van der Waals surface area contributed by atoms with Gasteiger partial charge in [-0.3, -0.25) is 0 Å². The quantitative estimate of drug-likeness (QED) is 0.494. The molecule has 0 N–H and O–H groups in total. The summed E-state index contributed by atoms with van der Waals surface area (Å²) >= 11 is 0. The van der Waals surface area contributed by atoms with Gasteiger partial charge in [-0.05, 0) is 18.6 Å². The molecule has 0 aliphatic rings. The Bertz CT molecular complexity index is 1040. The molecule has 2 heterocycles. The maximum atomic E-state index is 13.7. The second-order valence-electron chi connectivity index (χ2n) is 6.19. The van der Waals surface area contributed by atoms with Crippen LogP contribution in [0.4, 0.5) is 8.78 Å². The summed E-state index contributed by atoms with van der Waals surface area (Å²) in [5.41, 5.74) is 3.42. The first-order valence-electron chi connectivity index (χ1n) is 8.39. The lowest BCUT2D eigenvalue weighted by molar-refractivity contribution is 0.153. The summed E-state index contributed by atoms with van der Waals surface area (Å²) in [7, 11) is 0.